The van der Waals surface area contributed by atoms with Crippen molar-refractivity contribution in [2.75, 3.05) is 12.3 Å². The van der Waals surface area contributed by atoms with E-state index >= 15 is 0 Å². The third kappa shape index (κ3) is 9.52. The zero-order valence-corrected chi connectivity index (χ0v) is 22.9. The molecule has 2 amide bonds. The highest BCUT2D eigenvalue weighted by molar-refractivity contribution is 7.99. The minimum Gasteiger partial charge on any atom is -0.354 e. The molecule has 0 unspecified atom stereocenters. The van der Waals surface area contributed by atoms with Crippen LogP contribution in [0.15, 0.2) is 83.8 Å². The number of nitrogens with one attached hydrogen (secondary N) is 1. The van der Waals surface area contributed by atoms with E-state index in [9.17, 15) is 14.0 Å². The highest BCUT2D eigenvalue weighted by atomic mass is 35.5. The van der Waals surface area contributed by atoms with Crippen molar-refractivity contribution in [1.29, 1.82) is 0 Å². The Hall–Kier alpha value is -2.83. The number of hydrogen-bond acceptors (Lipinski definition) is 3. The van der Waals surface area contributed by atoms with E-state index in [1.807, 2.05) is 68.4 Å². The summed E-state index contributed by atoms with van der Waals surface area (Å²) in [7, 11) is 0. The van der Waals surface area contributed by atoms with Crippen molar-refractivity contribution in [2.45, 2.75) is 50.6 Å². The first kappa shape index (κ1) is 28.7. The van der Waals surface area contributed by atoms with Crippen molar-refractivity contribution in [3.05, 3.63) is 101 Å². The Kier molecular flexibility index (Phi) is 11.5. The average Bonchev–Trinajstić information content (AvgIpc) is 2.89. The second-order valence-corrected chi connectivity index (χ2v) is 11.0. The van der Waals surface area contributed by atoms with Crippen LogP contribution in [0, 0.1) is 11.7 Å². The SMILES string of the molecule is CC(C)CNC(=O)[C@@H](Cc1ccccc1)N(Cc1ccccc1F)C(=O)CCCSc1ccc(Cl)cc1. The first-order valence-electron chi connectivity index (χ1n) is 12.6. The van der Waals surface area contributed by atoms with Gasteiger partial charge in [-0.25, -0.2) is 4.39 Å². The van der Waals surface area contributed by atoms with E-state index in [1.54, 1.807) is 34.9 Å². The molecule has 0 aliphatic heterocycles. The maximum Gasteiger partial charge on any atom is 0.243 e. The van der Waals surface area contributed by atoms with Gasteiger partial charge in [0.2, 0.25) is 11.8 Å². The third-order valence-electron chi connectivity index (χ3n) is 5.87. The molecule has 0 aliphatic rings. The van der Waals surface area contributed by atoms with E-state index in [0.717, 1.165) is 16.2 Å². The van der Waals surface area contributed by atoms with Crippen molar-refractivity contribution in [1.82, 2.24) is 10.2 Å². The molecule has 0 saturated carbocycles. The van der Waals surface area contributed by atoms with Crippen LogP contribution in [0.2, 0.25) is 5.02 Å². The van der Waals surface area contributed by atoms with Gasteiger partial charge in [0.1, 0.15) is 11.9 Å². The topological polar surface area (TPSA) is 49.4 Å². The molecule has 0 aromatic heterocycles. The zero-order valence-electron chi connectivity index (χ0n) is 21.3. The lowest BCUT2D eigenvalue weighted by Gasteiger charge is -2.32. The maximum atomic E-state index is 14.6. The number of hydrogen-bond donors (Lipinski definition) is 1. The molecule has 4 nitrogen and oxygen atoms in total. The summed E-state index contributed by atoms with van der Waals surface area (Å²) in [5, 5.41) is 3.67. The average molecular weight is 541 g/mol. The van der Waals surface area contributed by atoms with Gasteiger partial charge in [0.25, 0.3) is 0 Å². The molecule has 0 fully saturated rings. The second kappa shape index (κ2) is 14.8. The highest BCUT2D eigenvalue weighted by Crippen LogP contribution is 2.23. The number of halogens is 2. The lowest BCUT2D eigenvalue weighted by Crippen LogP contribution is -2.51. The summed E-state index contributed by atoms with van der Waals surface area (Å²) in [6, 6.07) is 22.9. The summed E-state index contributed by atoms with van der Waals surface area (Å²) < 4.78 is 14.6. The fourth-order valence-corrected chi connectivity index (χ4v) is 4.85. The number of thioether (sulfide) groups is 1. The van der Waals surface area contributed by atoms with Gasteiger partial charge in [-0.1, -0.05) is 74.0 Å². The summed E-state index contributed by atoms with van der Waals surface area (Å²) in [6.45, 7) is 4.58. The quantitative estimate of drug-likeness (QED) is 0.192. The lowest BCUT2D eigenvalue weighted by atomic mass is 10.0. The van der Waals surface area contributed by atoms with E-state index in [4.69, 9.17) is 11.6 Å². The number of benzene rings is 3. The van der Waals surface area contributed by atoms with Crippen LogP contribution in [0.25, 0.3) is 0 Å². The lowest BCUT2D eigenvalue weighted by molar-refractivity contribution is -0.141. The molecule has 0 heterocycles. The molecule has 0 bridgehead atoms. The van der Waals surface area contributed by atoms with Crippen molar-refractivity contribution >= 4 is 35.2 Å². The van der Waals surface area contributed by atoms with Gasteiger partial charge in [0.15, 0.2) is 0 Å². The molecule has 0 aliphatic carbocycles. The first-order chi connectivity index (χ1) is 17.8. The number of rotatable bonds is 13. The summed E-state index contributed by atoms with van der Waals surface area (Å²) in [5.74, 6) is 0.226. The Morgan fingerprint density at radius 3 is 2.32 bits per heavy atom. The molecule has 0 radical (unpaired) electrons. The minimum absolute atomic E-state index is 0.0302. The summed E-state index contributed by atoms with van der Waals surface area (Å²) >= 11 is 7.61. The van der Waals surface area contributed by atoms with Crippen LogP contribution in [-0.4, -0.2) is 35.1 Å². The van der Waals surface area contributed by atoms with E-state index in [-0.39, 0.29) is 36.5 Å². The molecule has 0 saturated heterocycles. The van der Waals surface area contributed by atoms with Gasteiger partial charge in [-0.05, 0) is 54.0 Å². The van der Waals surface area contributed by atoms with E-state index in [2.05, 4.69) is 5.32 Å². The fraction of sp³-hybridized carbons (Fsp3) is 0.333. The predicted molar refractivity (Wildman–Crippen MR) is 150 cm³/mol. The van der Waals surface area contributed by atoms with Crippen LogP contribution < -0.4 is 5.32 Å². The Bertz CT molecular complexity index is 1140. The van der Waals surface area contributed by atoms with Crippen LogP contribution in [0.5, 0.6) is 0 Å². The van der Waals surface area contributed by atoms with Gasteiger partial charge >= 0.3 is 0 Å². The Balaban J connectivity index is 1.79. The molecule has 1 N–H and O–H groups in total. The van der Waals surface area contributed by atoms with E-state index in [0.29, 0.717) is 30.0 Å². The molecule has 3 aromatic rings. The molecule has 196 valence electrons. The van der Waals surface area contributed by atoms with E-state index in [1.165, 1.54) is 6.07 Å². The van der Waals surface area contributed by atoms with Crippen LogP contribution in [0.4, 0.5) is 4.39 Å². The van der Waals surface area contributed by atoms with Crippen LogP contribution in [0.3, 0.4) is 0 Å². The molecule has 7 heteroatoms. The van der Waals surface area contributed by atoms with Gasteiger partial charge in [0.05, 0.1) is 0 Å². The van der Waals surface area contributed by atoms with Gasteiger partial charge in [-0.3, -0.25) is 9.59 Å². The van der Waals surface area contributed by atoms with Crippen molar-refractivity contribution in [3.8, 4) is 0 Å². The summed E-state index contributed by atoms with van der Waals surface area (Å²) in [6.07, 6.45) is 1.24. The van der Waals surface area contributed by atoms with Gasteiger partial charge in [0, 0.05) is 41.4 Å². The molecule has 3 rings (SSSR count). The number of carbonyl (C=O) groups is 2. The number of nitrogens with zero attached hydrogens (tertiary/aromatic N) is 1. The molecular weight excluding hydrogens is 507 g/mol. The smallest absolute Gasteiger partial charge is 0.243 e. The minimum atomic E-state index is -0.753. The molecular formula is C30H34ClFN2O2S. The third-order valence-corrected chi connectivity index (χ3v) is 7.22. The summed E-state index contributed by atoms with van der Waals surface area (Å²) in [5.41, 5.74) is 1.33. The monoisotopic (exact) mass is 540 g/mol. The van der Waals surface area contributed by atoms with Crippen LogP contribution in [0.1, 0.15) is 37.8 Å². The molecule has 0 spiro atoms. The molecule has 1 atom stereocenters. The maximum absolute atomic E-state index is 14.6. The standard InChI is InChI=1S/C30H34ClFN2O2S/c1-22(2)20-33-30(36)28(19-23-9-4-3-5-10-23)34(21-24-11-6-7-12-27(24)32)29(35)13-8-18-37-26-16-14-25(31)15-17-26/h3-7,9-12,14-17,22,28H,8,13,18-21H2,1-2H3,(H,33,36)/t28-/m1/s1. The Morgan fingerprint density at radius 1 is 0.973 bits per heavy atom. The molecule has 37 heavy (non-hydrogen) atoms. The molecule has 3 aromatic carbocycles. The normalized spacial score (nSPS) is 11.8. The fourth-order valence-electron chi connectivity index (χ4n) is 3.87. The van der Waals surface area contributed by atoms with Crippen LogP contribution in [-0.2, 0) is 22.6 Å². The van der Waals surface area contributed by atoms with E-state index < -0.39 is 6.04 Å². The number of amides is 2. The Morgan fingerprint density at radius 2 is 1.65 bits per heavy atom. The first-order valence-corrected chi connectivity index (χ1v) is 13.9. The highest BCUT2D eigenvalue weighted by Gasteiger charge is 2.30. The zero-order chi connectivity index (χ0) is 26.6. The second-order valence-electron chi connectivity index (χ2n) is 9.36. The predicted octanol–water partition coefficient (Wildman–Crippen LogP) is 6.76. The van der Waals surface area contributed by atoms with Crippen molar-refractivity contribution < 1.29 is 14.0 Å². The van der Waals surface area contributed by atoms with Crippen molar-refractivity contribution in [2.24, 2.45) is 5.92 Å². The largest absolute Gasteiger partial charge is 0.354 e. The van der Waals surface area contributed by atoms with Gasteiger partial charge < -0.3 is 10.2 Å². The van der Waals surface area contributed by atoms with Gasteiger partial charge in [-0.2, -0.15) is 0 Å². The van der Waals surface area contributed by atoms with Crippen LogP contribution >= 0.6 is 23.4 Å². The summed E-state index contributed by atoms with van der Waals surface area (Å²) in [4.78, 5) is 29.6. The van der Waals surface area contributed by atoms with Gasteiger partial charge in [-0.15, -0.1) is 11.8 Å². The van der Waals surface area contributed by atoms with Crippen molar-refractivity contribution in [3.63, 3.8) is 0 Å². The number of carbonyl (C=O) groups excluding carboxylic acids is 2. The Labute approximate surface area is 228 Å².